The first-order chi connectivity index (χ1) is 7.20. The lowest BCUT2D eigenvalue weighted by Crippen LogP contribution is -2.30. The highest BCUT2D eigenvalue weighted by Crippen LogP contribution is 2.19. The van der Waals surface area contributed by atoms with Gasteiger partial charge in [0.2, 0.25) is 0 Å². The van der Waals surface area contributed by atoms with Gasteiger partial charge in [0.05, 0.1) is 0 Å². The topological polar surface area (TPSA) is 42.2 Å². The van der Waals surface area contributed by atoms with Gasteiger partial charge in [-0.15, -0.1) is 0 Å². The number of rotatable bonds is 5. The molecule has 1 atom stereocenters. The predicted octanol–water partition coefficient (Wildman–Crippen LogP) is 1.82. The Morgan fingerprint density at radius 2 is 2.27 bits per heavy atom. The largest absolute Gasteiger partial charge is 0.357 e. The summed E-state index contributed by atoms with van der Waals surface area (Å²) in [7, 11) is 2.09. The maximum atomic E-state index is 5.59. The summed E-state index contributed by atoms with van der Waals surface area (Å²) in [6, 6.07) is 4.59. The summed E-state index contributed by atoms with van der Waals surface area (Å²) in [5.74, 6) is 1.07. The van der Waals surface area contributed by atoms with Crippen LogP contribution in [0.15, 0.2) is 18.3 Å². The van der Waals surface area contributed by atoms with Gasteiger partial charge in [0, 0.05) is 19.3 Å². The molecule has 1 unspecified atom stereocenters. The van der Waals surface area contributed by atoms with Gasteiger partial charge < -0.3 is 10.6 Å². The molecule has 0 saturated carbocycles. The zero-order valence-corrected chi connectivity index (χ0v) is 9.90. The van der Waals surface area contributed by atoms with Gasteiger partial charge in [-0.3, -0.25) is 0 Å². The van der Waals surface area contributed by atoms with E-state index in [0.29, 0.717) is 12.6 Å². The third kappa shape index (κ3) is 2.93. The van der Waals surface area contributed by atoms with Crippen LogP contribution in [0.4, 0.5) is 5.82 Å². The van der Waals surface area contributed by atoms with Crippen LogP contribution in [-0.4, -0.2) is 24.6 Å². The van der Waals surface area contributed by atoms with E-state index in [1.807, 2.05) is 12.3 Å². The second kappa shape index (κ2) is 5.71. The van der Waals surface area contributed by atoms with E-state index in [0.717, 1.165) is 18.7 Å². The van der Waals surface area contributed by atoms with Gasteiger partial charge in [-0.05, 0) is 37.9 Å². The highest BCUT2D eigenvalue weighted by molar-refractivity contribution is 5.46. The van der Waals surface area contributed by atoms with Crippen molar-refractivity contribution in [3.05, 3.63) is 23.9 Å². The summed E-state index contributed by atoms with van der Waals surface area (Å²) in [6.07, 6.45) is 3.85. The summed E-state index contributed by atoms with van der Waals surface area (Å²) in [5.41, 5.74) is 6.83. The van der Waals surface area contributed by atoms with E-state index in [-0.39, 0.29) is 0 Å². The molecular formula is C12H21N3. The van der Waals surface area contributed by atoms with E-state index in [4.69, 9.17) is 5.73 Å². The Hall–Kier alpha value is -1.09. The normalized spacial score (nSPS) is 12.5. The molecule has 0 aliphatic heterocycles. The first-order valence-electron chi connectivity index (χ1n) is 5.57. The fourth-order valence-electron chi connectivity index (χ4n) is 1.58. The molecule has 0 spiro atoms. The number of pyridine rings is 1. The van der Waals surface area contributed by atoms with Gasteiger partial charge in [-0.1, -0.05) is 13.0 Å². The van der Waals surface area contributed by atoms with Crippen molar-refractivity contribution in [3.8, 4) is 0 Å². The third-order valence-corrected chi connectivity index (χ3v) is 2.87. The highest BCUT2D eigenvalue weighted by Gasteiger charge is 2.12. The van der Waals surface area contributed by atoms with Crippen LogP contribution in [-0.2, 0) is 6.42 Å². The molecule has 0 aliphatic rings. The Labute approximate surface area is 92.3 Å². The minimum Gasteiger partial charge on any atom is -0.357 e. The minimum absolute atomic E-state index is 0.511. The molecule has 3 nitrogen and oxygen atoms in total. The molecule has 3 heteroatoms. The van der Waals surface area contributed by atoms with E-state index in [1.165, 1.54) is 5.56 Å². The smallest absolute Gasteiger partial charge is 0.131 e. The van der Waals surface area contributed by atoms with Crippen molar-refractivity contribution < 1.29 is 0 Å². The lowest BCUT2D eigenvalue weighted by atomic mass is 10.1. The molecule has 15 heavy (non-hydrogen) atoms. The Morgan fingerprint density at radius 3 is 2.87 bits per heavy atom. The van der Waals surface area contributed by atoms with Crippen LogP contribution in [0.25, 0.3) is 0 Å². The Balaban J connectivity index is 2.91. The standard InChI is InChI=1S/C12H21N3/c1-4-10(2)15(3)12-11(7-8-13)6-5-9-14-12/h5-6,9-10H,4,7-8,13H2,1-3H3. The van der Waals surface area contributed by atoms with E-state index < -0.39 is 0 Å². The molecular weight excluding hydrogens is 186 g/mol. The average molecular weight is 207 g/mol. The van der Waals surface area contributed by atoms with E-state index >= 15 is 0 Å². The molecule has 0 aliphatic carbocycles. The lowest BCUT2D eigenvalue weighted by molar-refractivity contribution is 0.653. The van der Waals surface area contributed by atoms with Gasteiger partial charge in [-0.2, -0.15) is 0 Å². The molecule has 84 valence electrons. The van der Waals surface area contributed by atoms with Crippen LogP contribution in [0, 0.1) is 0 Å². The van der Waals surface area contributed by atoms with Crippen molar-refractivity contribution in [3.63, 3.8) is 0 Å². The summed E-state index contributed by atoms with van der Waals surface area (Å²) < 4.78 is 0. The monoisotopic (exact) mass is 207 g/mol. The average Bonchev–Trinajstić information content (AvgIpc) is 2.28. The van der Waals surface area contributed by atoms with Crippen LogP contribution < -0.4 is 10.6 Å². The number of nitrogens with two attached hydrogens (primary N) is 1. The Morgan fingerprint density at radius 1 is 1.53 bits per heavy atom. The summed E-state index contributed by atoms with van der Waals surface area (Å²) in [5, 5.41) is 0. The summed E-state index contributed by atoms with van der Waals surface area (Å²) >= 11 is 0. The fourth-order valence-corrected chi connectivity index (χ4v) is 1.58. The molecule has 1 aromatic rings. The molecule has 0 radical (unpaired) electrons. The summed E-state index contributed by atoms with van der Waals surface area (Å²) in [6.45, 7) is 5.07. The number of hydrogen-bond acceptors (Lipinski definition) is 3. The first-order valence-corrected chi connectivity index (χ1v) is 5.57. The van der Waals surface area contributed by atoms with Gasteiger partial charge in [0.25, 0.3) is 0 Å². The maximum absolute atomic E-state index is 5.59. The molecule has 0 bridgehead atoms. The van der Waals surface area contributed by atoms with Gasteiger partial charge >= 0.3 is 0 Å². The van der Waals surface area contributed by atoms with Crippen molar-refractivity contribution >= 4 is 5.82 Å². The fraction of sp³-hybridized carbons (Fsp3) is 0.583. The molecule has 0 fully saturated rings. The number of anilines is 1. The zero-order valence-electron chi connectivity index (χ0n) is 9.90. The molecule has 2 N–H and O–H groups in total. The number of aromatic nitrogens is 1. The number of nitrogens with zero attached hydrogens (tertiary/aromatic N) is 2. The minimum atomic E-state index is 0.511. The lowest BCUT2D eigenvalue weighted by Gasteiger charge is -2.26. The number of hydrogen-bond donors (Lipinski definition) is 1. The van der Waals surface area contributed by atoms with Crippen LogP contribution >= 0.6 is 0 Å². The molecule has 0 aromatic carbocycles. The van der Waals surface area contributed by atoms with Gasteiger partial charge in [-0.25, -0.2) is 4.98 Å². The summed E-state index contributed by atoms with van der Waals surface area (Å²) in [4.78, 5) is 6.66. The third-order valence-electron chi connectivity index (χ3n) is 2.87. The SMILES string of the molecule is CCC(C)N(C)c1ncccc1CCN. The second-order valence-electron chi connectivity index (χ2n) is 3.89. The van der Waals surface area contributed by atoms with Crippen molar-refractivity contribution in [2.75, 3.05) is 18.5 Å². The van der Waals surface area contributed by atoms with Crippen molar-refractivity contribution in [2.24, 2.45) is 5.73 Å². The molecule has 1 rings (SSSR count). The highest BCUT2D eigenvalue weighted by atomic mass is 15.2. The zero-order chi connectivity index (χ0) is 11.3. The van der Waals surface area contributed by atoms with Gasteiger partial charge in [0.15, 0.2) is 0 Å². The quantitative estimate of drug-likeness (QED) is 0.800. The Bertz CT molecular complexity index is 299. The molecule has 1 aromatic heterocycles. The van der Waals surface area contributed by atoms with Crippen LogP contribution in [0.5, 0.6) is 0 Å². The maximum Gasteiger partial charge on any atom is 0.131 e. The second-order valence-corrected chi connectivity index (χ2v) is 3.89. The van der Waals surface area contributed by atoms with Crippen LogP contribution in [0.1, 0.15) is 25.8 Å². The van der Waals surface area contributed by atoms with E-state index in [9.17, 15) is 0 Å². The van der Waals surface area contributed by atoms with Crippen LogP contribution in [0.3, 0.4) is 0 Å². The van der Waals surface area contributed by atoms with Gasteiger partial charge in [0.1, 0.15) is 5.82 Å². The Kier molecular flexibility index (Phi) is 4.56. The van der Waals surface area contributed by atoms with Crippen molar-refractivity contribution in [2.45, 2.75) is 32.7 Å². The first kappa shape index (κ1) is 12.0. The van der Waals surface area contributed by atoms with E-state index in [2.05, 4.69) is 36.8 Å². The van der Waals surface area contributed by atoms with E-state index in [1.54, 1.807) is 0 Å². The van der Waals surface area contributed by atoms with Crippen LogP contribution in [0.2, 0.25) is 0 Å². The molecule has 0 saturated heterocycles. The molecule has 0 amide bonds. The van der Waals surface area contributed by atoms with Crippen molar-refractivity contribution in [1.29, 1.82) is 0 Å². The predicted molar refractivity (Wildman–Crippen MR) is 65.2 cm³/mol. The van der Waals surface area contributed by atoms with Crippen molar-refractivity contribution in [1.82, 2.24) is 4.98 Å². The molecule has 1 heterocycles.